The molecule has 1 aromatic carbocycles. The quantitative estimate of drug-likeness (QED) is 0.632. The van der Waals surface area contributed by atoms with E-state index in [1.165, 1.54) is 0 Å². The lowest BCUT2D eigenvalue weighted by molar-refractivity contribution is 0.0513. The van der Waals surface area contributed by atoms with Crippen LogP contribution in [0.1, 0.15) is 50.5 Å². The van der Waals surface area contributed by atoms with Crippen molar-refractivity contribution < 1.29 is 18.8 Å². The zero-order valence-corrected chi connectivity index (χ0v) is 16.6. The Labute approximate surface area is 168 Å². The lowest BCUT2D eigenvalue weighted by Gasteiger charge is -2.27. The third-order valence-corrected chi connectivity index (χ3v) is 4.94. The van der Waals surface area contributed by atoms with E-state index in [1.807, 2.05) is 31.2 Å². The minimum absolute atomic E-state index is 0.231. The predicted molar refractivity (Wildman–Crippen MR) is 104 cm³/mol. The highest BCUT2D eigenvalue weighted by Gasteiger charge is 2.32. The Morgan fingerprint density at radius 2 is 1.97 bits per heavy atom. The summed E-state index contributed by atoms with van der Waals surface area (Å²) < 4.78 is 12.0. The SMILES string of the molecule is CCOC(=O)c1nn(-c2ccc(C)cc2)c2c1CN(C(=O)c1cc(C)on1)CC2. The zero-order valence-electron chi connectivity index (χ0n) is 16.6. The van der Waals surface area contributed by atoms with E-state index in [-0.39, 0.29) is 30.4 Å². The van der Waals surface area contributed by atoms with Crippen LogP contribution in [0.5, 0.6) is 0 Å². The summed E-state index contributed by atoms with van der Waals surface area (Å²) in [5.41, 5.74) is 4.14. The summed E-state index contributed by atoms with van der Waals surface area (Å²) in [4.78, 5) is 27.0. The van der Waals surface area contributed by atoms with Gasteiger partial charge < -0.3 is 14.2 Å². The first-order valence-corrected chi connectivity index (χ1v) is 9.55. The van der Waals surface area contributed by atoms with Gasteiger partial charge in [0, 0.05) is 24.6 Å². The Morgan fingerprint density at radius 3 is 2.62 bits per heavy atom. The van der Waals surface area contributed by atoms with Crippen LogP contribution in [0.15, 0.2) is 34.9 Å². The number of nitrogens with zero attached hydrogens (tertiary/aromatic N) is 4. The second-order valence-electron chi connectivity index (χ2n) is 7.04. The van der Waals surface area contributed by atoms with Crippen LogP contribution in [-0.2, 0) is 17.7 Å². The van der Waals surface area contributed by atoms with E-state index < -0.39 is 5.97 Å². The van der Waals surface area contributed by atoms with Gasteiger partial charge in [-0.3, -0.25) is 4.79 Å². The first kappa shape index (κ1) is 18.9. The van der Waals surface area contributed by atoms with Gasteiger partial charge in [0.25, 0.3) is 5.91 Å². The van der Waals surface area contributed by atoms with Gasteiger partial charge in [-0.25, -0.2) is 9.48 Å². The van der Waals surface area contributed by atoms with Crippen LogP contribution in [0.3, 0.4) is 0 Å². The molecule has 4 rings (SSSR count). The van der Waals surface area contributed by atoms with E-state index in [9.17, 15) is 9.59 Å². The van der Waals surface area contributed by atoms with Crippen molar-refractivity contribution >= 4 is 11.9 Å². The van der Waals surface area contributed by atoms with Crippen molar-refractivity contribution in [2.75, 3.05) is 13.2 Å². The average molecular weight is 394 g/mol. The number of fused-ring (bicyclic) bond motifs is 1. The molecule has 8 nitrogen and oxygen atoms in total. The van der Waals surface area contributed by atoms with Gasteiger partial charge in [0.15, 0.2) is 11.4 Å². The summed E-state index contributed by atoms with van der Waals surface area (Å²) in [5.74, 6) is -0.142. The number of amides is 1. The molecule has 3 heterocycles. The number of ether oxygens (including phenoxy) is 1. The normalized spacial score (nSPS) is 13.3. The molecule has 0 bridgehead atoms. The molecule has 0 saturated heterocycles. The number of aryl methyl sites for hydroxylation is 2. The van der Waals surface area contributed by atoms with Crippen molar-refractivity contribution in [3.8, 4) is 5.69 Å². The lowest BCUT2D eigenvalue weighted by Crippen LogP contribution is -2.37. The third-order valence-electron chi connectivity index (χ3n) is 4.94. The predicted octanol–water partition coefficient (Wildman–Crippen LogP) is 2.85. The summed E-state index contributed by atoms with van der Waals surface area (Å²) in [6.07, 6.45) is 0.568. The van der Waals surface area contributed by atoms with Crippen LogP contribution in [0.25, 0.3) is 5.69 Å². The van der Waals surface area contributed by atoms with Gasteiger partial charge in [-0.1, -0.05) is 22.9 Å². The molecule has 0 saturated carbocycles. The molecule has 0 unspecified atom stereocenters. The molecule has 1 amide bonds. The van der Waals surface area contributed by atoms with Crippen molar-refractivity contribution in [2.45, 2.75) is 33.7 Å². The van der Waals surface area contributed by atoms with E-state index in [4.69, 9.17) is 9.26 Å². The van der Waals surface area contributed by atoms with E-state index in [2.05, 4.69) is 10.3 Å². The van der Waals surface area contributed by atoms with Crippen molar-refractivity contribution in [1.82, 2.24) is 19.8 Å². The Bertz CT molecular complexity index is 1070. The fraction of sp³-hybridized carbons (Fsp3) is 0.333. The average Bonchev–Trinajstić information content (AvgIpc) is 3.32. The van der Waals surface area contributed by atoms with Gasteiger partial charge in [-0.2, -0.15) is 5.10 Å². The Kier molecular flexibility index (Phi) is 4.92. The molecule has 3 aromatic rings. The van der Waals surface area contributed by atoms with E-state index in [1.54, 1.807) is 29.5 Å². The van der Waals surface area contributed by atoms with E-state index in [0.717, 1.165) is 16.9 Å². The van der Waals surface area contributed by atoms with Crippen LogP contribution < -0.4 is 0 Å². The van der Waals surface area contributed by atoms with Crippen LogP contribution in [0.4, 0.5) is 0 Å². The van der Waals surface area contributed by atoms with Gasteiger partial charge in [0.05, 0.1) is 24.5 Å². The van der Waals surface area contributed by atoms with Gasteiger partial charge in [-0.05, 0) is 32.9 Å². The summed E-state index contributed by atoms with van der Waals surface area (Å²) in [6, 6.07) is 9.54. The van der Waals surface area contributed by atoms with Crippen LogP contribution >= 0.6 is 0 Å². The Balaban J connectivity index is 1.72. The fourth-order valence-corrected chi connectivity index (χ4v) is 3.48. The second-order valence-corrected chi connectivity index (χ2v) is 7.04. The Morgan fingerprint density at radius 1 is 1.21 bits per heavy atom. The molecule has 1 aliphatic rings. The molecule has 0 aliphatic carbocycles. The number of esters is 1. The molecule has 150 valence electrons. The number of hydrogen-bond acceptors (Lipinski definition) is 6. The number of benzene rings is 1. The smallest absolute Gasteiger partial charge is 0.359 e. The molecule has 8 heteroatoms. The number of aromatic nitrogens is 3. The van der Waals surface area contributed by atoms with E-state index in [0.29, 0.717) is 24.3 Å². The first-order valence-electron chi connectivity index (χ1n) is 9.55. The number of rotatable bonds is 4. The summed E-state index contributed by atoms with van der Waals surface area (Å²) >= 11 is 0. The fourth-order valence-electron chi connectivity index (χ4n) is 3.48. The largest absolute Gasteiger partial charge is 0.461 e. The van der Waals surface area contributed by atoms with Gasteiger partial charge in [0.1, 0.15) is 5.76 Å². The topological polar surface area (TPSA) is 90.5 Å². The maximum atomic E-state index is 12.8. The van der Waals surface area contributed by atoms with Crippen LogP contribution in [-0.4, -0.2) is 44.9 Å². The van der Waals surface area contributed by atoms with Gasteiger partial charge >= 0.3 is 5.97 Å². The molecule has 29 heavy (non-hydrogen) atoms. The third kappa shape index (κ3) is 3.53. The lowest BCUT2D eigenvalue weighted by atomic mass is 10.0. The molecular weight excluding hydrogens is 372 g/mol. The maximum Gasteiger partial charge on any atom is 0.359 e. The van der Waals surface area contributed by atoms with E-state index >= 15 is 0 Å². The summed E-state index contributed by atoms with van der Waals surface area (Å²) in [7, 11) is 0. The maximum absolute atomic E-state index is 12.8. The van der Waals surface area contributed by atoms with Crippen LogP contribution in [0, 0.1) is 13.8 Å². The zero-order chi connectivity index (χ0) is 20.5. The number of hydrogen-bond donors (Lipinski definition) is 0. The molecule has 0 atom stereocenters. The van der Waals surface area contributed by atoms with Crippen molar-refractivity contribution in [2.24, 2.45) is 0 Å². The van der Waals surface area contributed by atoms with Crippen molar-refractivity contribution in [1.29, 1.82) is 0 Å². The molecule has 0 spiro atoms. The highest BCUT2D eigenvalue weighted by molar-refractivity contribution is 5.93. The monoisotopic (exact) mass is 394 g/mol. The first-order chi connectivity index (χ1) is 14.0. The molecule has 2 aromatic heterocycles. The van der Waals surface area contributed by atoms with Crippen molar-refractivity contribution in [3.63, 3.8) is 0 Å². The van der Waals surface area contributed by atoms with Gasteiger partial charge in [-0.15, -0.1) is 0 Å². The standard InChI is InChI=1S/C21H22N4O4/c1-4-28-21(27)19-16-12-24(20(26)17-11-14(3)29-23-17)10-9-18(16)25(22-19)15-7-5-13(2)6-8-15/h5-8,11H,4,9-10,12H2,1-3H3. The number of carbonyl (C=O) groups is 2. The molecule has 0 fully saturated rings. The minimum Gasteiger partial charge on any atom is -0.461 e. The van der Waals surface area contributed by atoms with Crippen molar-refractivity contribution in [3.05, 3.63) is 64.3 Å². The summed E-state index contributed by atoms with van der Waals surface area (Å²) in [6.45, 7) is 6.53. The molecule has 1 aliphatic heterocycles. The highest BCUT2D eigenvalue weighted by Crippen LogP contribution is 2.27. The number of carbonyl (C=O) groups excluding carboxylic acids is 2. The second kappa shape index (κ2) is 7.54. The van der Waals surface area contributed by atoms with Crippen LogP contribution in [0.2, 0.25) is 0 Å². The Hall–Kier alpha value is -3.42. The molecule has 0 N–H and O–H groups in total. The summed E-state index contributed by atoms with van der Waals surface area (Å²) in [5, 5.41) is 8.37. The molecular formula is C21H22N4O4. The molecule has 0 radical (unpaired) electrons. The van der Waals surface area contributed by atoms with Gasteiger partial charge in [0.2, 0.25) is 0 Å². The minimum atomic E-state index is -0.485. The highest BCUT2D eigenvalue weighted by atomic mass is 16.5.